The average molecular weight is 401 g/mol. The second-order valence-electron chi connectivity index (χ2n) is 7.22. The van der Waals surface area contributed by atoms with Gasteiger partial charge in [0.1, 0.15) is 12.4 Å². The van der Waals surface area contributed by atoms with Crippen LogP contribution in [-0.4, -0.2) is 54.1 Å². The second-order valence-corrected chi connectivity index (χ2v) is 7.22. The summed E-state index contributed by atoms with van der Waals surface area (Å²) in [5.41, 5.74) is 1.20. The van der Waals surface area contributed by atoms with E-state index in [1.807, 2.05) is 22.9 Å². The van der Waals surface area contributed by atoms with Gasteiger partial charge >= 0.3 is 0 Å². The van der Waals surface area contributed by atoms with E-state index >= 15 is 0 Å². The number of ether oxygens (including phenoxy) is 2. The van der Waals surface area contributed by atoms with E-state index in [1.54, 1.807) is 14.2 Å². The number of benzene rings is 1. The van der Waals surface area contributed by atoms with Crippen LogP contribution in [0.3, 0.4) is 0 Å². The van der Waals surface area contributed by atoms with Gasteiger partial charge in [-0.25, -0.2) is 9.67 Å². The molecule has 0 fully saturated rings. The predicted molar refractivity (Wildman–Crippen MR) is 113 cm³/mol. The van der Waals surface area contributed by atoms with E-state index < -0.39 is 0 Å². The zero-order valence-electron chi connectivity index (χ0n) is 17.6. The number of nitrogens with zero attached hydrogens (tertiary/aromatic N) is 4. The first-order chi connectivity index (χ1) is 14.2. The van der Waals surface area contributed by atoms with Crippen molar-refractivity contribution in [2.75, 3.05) is 27.3 Å². The first-order valence-corrected chi connectivity index (χ1v) is 10.2. The van der Waals surface area contributed by atoms with Gasteiger partial charge in [0.05, 0.1) is 12.6 Å². The summed E-state index contributed by atoms with van der Waals surface area (Å²) in [6.45, 7) is 4.83. The second kappa shape index (κ2) is 10.9. The number of nitrogens with one attached hydrogen (secondary N) is 2. The predicted octanol–water partition coefficient (Wildman–Crippen LogP) is 2.07. The van der Waals surface area contributed by atoms with Crippen molar-refractivity contribution in [3.63, 3.8) is 0 Å². The number of aromatic nitrogens is 3. The fourth-order valence-electron chi connectivity index (χ4n) is 3.42. The lowest BCUT2D eigenvalue weighted by Gasteiger charge is -2.25. The lowest BCUT2D eigenvalue weighted by molar-refractivity contribution is 0.0646. The number of aliphatic imine (C=N–C) groups is 1. The summed E-state index contributed by atoms with van der Waals surface area (Å²) in [4.78, 5) is 8.86. The van der Waals surface area contributed by atoms with Gasteiger partial charge in [0.15, 0.2) is 11.8 Å². The minimum atomic E-state index is 0.107. The zero-order chi connectivity index (χ0) is 20.5. The maximum atomic E-state index is 5.93. The molecule has 8 nitrogen and oxygen atoms in total. The molecule has 0 saturated carbocycles. The Hall–Kier alpha value is -2.45. The molecule has 1 aliphatic heterocycles. The van der Waals surface area contributed by atoms with Gasteiger partial charge in [-0.2, -0.15) is 5.10 Å². The van der Waals surface area contributed by atoms with Gasteiger partial charge < -0.3 is 20.1 Å². The fraction of sp³-hybridized carbons (Fsp3) is 0.571. The highest BCUT2D eigenvalue weighted by Gasteiger charge is 2.22. The van der Waals surface area contributed by atoms with Crippen molar-refractivity contribution in [3.05, 3.63) is 47.5 Å². The van der Waals surface area contributed by atoms with Gasteiger partial charge in [-0.1, -0.05) is 30.3 Å². The molecule has 0 amide bonds. The molecule has 158 valence electrons. The lowest BCUT2D eigenvalue weighted by Crippen LogP contribution is -2.47. The highest BCUT2D eigenvalue weighted by molar-refractivity contribution is 5.79. The molecule has 3 rings (SSSR count). The average Bonchev–Trinajstić information content (AvgIpc) is 3.15. The van der Waals surface area contributed by atoms with E-state index in [4.69, 9.17) is 9.47 Å². The van der Waals surface area contributed by atoms with E-state index in [9.17, 15) is 0 Å². The molecule has 2 atom stereocenters. The van der Waals surface area contributed by atoms with E-state index in [2.05, 4.69) is 44.8 Å². The number of hydrogen-bond donors (Lipinski definition) is 2. The molecule has 0 spiro atoms. The lowest BCUT2D eigenvalue weighted by atomic mass is 10.1. The molecule has 0 radical (unpaired) electrons. The summed E-state index contributed by atoms with van der Waals surface area (Å²) in [5, 5.41) is 11.4. The topological polar surface area (TPSA) is 85.6 Å². The van der Waals surface area contributed by atoms with Crippen LogP contribution in [0.15, 0.2) is 35.3 Å². The number of fused-ring (bicyclic) bond motifs is 1. The van der Waals surface area contributed by atoms with Gasteiger partial charge in [-0.15, -0.1) is 0 Å². The first-order valence-electron chi connectivity index (χ1n) is 10.2. The zero-order valence-corrected chi connectivity index (χ0v) is 17.6. The van der Waals surface area contributed by atoms with E-state index in [-0.39, 0.29) is 12.1 Å². The Morgan fingerprint density at radius 1 is 1.34 bits per heavy atom. The molecule has 1 aliphatic rings. The van der Waals surface area contributed by atoms with Crippen LogP contribution in [0.2, 0.25) is 0 Å². The Labute approximate surface area is 172 Å². The standard InChI is InChI=1S/C21H32N6O2/c1-16(17-8-5-4-6-9-17)29-13-7-12-23-21(22-2)24-18-10-11-20-25-19(15-28-3)26-27(20)14-18/h4-6,8-9,16,18H,7,10-15H2,1-3H3,(H2,22,23,24). The molecular weight excluding hydrogens is 368 g/mol. The van der Waals surface area contributed by atoms with Gasteiger partial charge in [-0.3, -0.25) is 4.99 Å². The van der Waals surface area contributed by atoms with E-state index in [0.717, 1.165) is 50.0 Å². The minimum absolute atomic E-state index is 0.107. The maximum absolute atomic E-state index is 5.93. The Morgan fingerprint density at radius 3 is 2.93 bits per heavy atom. The third-order valence-corrected chi connectivity index (χ3v) is 4.99. The largest absolute Gasteiger partial charge is 0.377 e. The molecule has 2 heterocycles. The summed E-state index contributed by atoms with van der Waals surface area (Å²) >= 11 is 0. The van der Waals surface area contributed by atoms with Gasteiger partial charge in [-0.05, 0) is 25.3 Å². The molecule has 29 heavy (non-hydrogen) atoms. The van der Waals surface area contributed by atoms with E-state index in [1.165, 1.54) is 5.56 Å². The van der Waals surface area contributed by atoms with Crippen LogP contribution in [0.5, 0.6) is 0 Å². The highest BCUT2D eigenvalue weighted by atomic mass is 16.5. The smallest absolute Gasteiger partial charge is 0.191 e. The third-order valence-electron chi connectivity index (χ3n) is 4.99. The maximum Gasteiger partial charge on any atom is 0.191 e. The third kappa shape index (κ3) is 6.27. The number of methoxy groups -OCH3 is 1. The normalized spacial score (nSPS) is 17.6. The van der Waals surface area contributed by atoms with Gasteiger partial charge in [0.2, 0.25) is 0 Å². The summed E-state index contributed by atoms with van der Waals surface area (Å²) in [7, 11) is 3.46. The van der Waals surface area contributed by atoms with Crippen molar-refractivity contribution in [2.24, 2.45) is 4.99 Å². The Bertz CT molecular complexity index is 777. The van der Waals surface area contributed by atoms with Gasteiger partial charge in [0, 0.05) is 39.8 Å². The van der Waals surface area contributed by atoms with Crippen LogP contribution < -0.4 is 10.6 Å². The van der Waals surface area contributed by atoms with Gasteiger partial charge in [0.25, 0.3) is 0 Å². The fourth-order valence-corrected chi connectivity index (χ4v) is 3.42. The number of guanidine groups is 1. The van der Waals surface area contributed by atoms with Crippen molar-refractivity contribution >= 4 is 5.96 Å². The Morgan fingerprint density at radius 2 is 2.17 bits per heavy atom. The van der Waals surface area contributed by atoms with Crippen molar-refractivity contribution in [3.8, 4) is 0 Å². The summed E-state index contributed by atoms with van der Waals surface area (Å²) in [6.07, 6.45) is 2.92. The van der Waals surface area contributed by atoms with E-state index in [0.29, 0.717) is 13.2 Å². The van der Waals surface area contributed by atoms with Crippen molar-refractivity contribution in [1.82, 2.24) is 25.4 Å². The number of aryl methyl sites for hydroxylation is 1. The molecule has 2 unspecified atom stereocenters. The first kappa shape index (κ1) is 21.3. The molecule has 0 bridgehead atoms. The van der Waals surface area contributed by atoms with Crippen LogP contribution in [-0.2, 0) is 29.0 Å². The van der Waals surface area contributed by atoms with Crippen LogP contribution in [0.4, 0.5) is 0 Å². The molecule has 2 N–H and O–H groups in total. The highest BCUT2D eigenvalue weighted by Crippen LogP contribution is 2.16. The molecule has 8 heteroatoms. The van der Waals surface area contributed by atoms with Crippen LogP contribution in [0.25, 0.3) is 0 Å². The van der Waals surface area contributed by atoms with Crippen LogP contribution in [0, 0.1) is 0 Å². The van der Waals surface area contributed by atoms with Crippen LogP contribution in [0.1, 0.15) is 43.1 Å². The minimum Gasteiger partial charge on any atom is -0.377 e. The molecule has 0 saturated heterocycles. The van der Waals surface area contributed by atoms with Crippen molar-refractivity contribution in [2.45, 2.75) is 51.5 Å². The quantitative estimate of drug-likeness (QED) is 0.381. The monoisotopic (exact) mass is 400 g/mol. The Kier molecular flexibility index (Phi) is 8.01. The summed E-state index contributed by atoms with van der Waals surface area (Å²) in [5.74, 6) is 2.59. The Balaban J connectivity index is 1.36. The van der Waals surface area contributed by atoms with Crippen LogP contribution >= 0.6 is 0 Å². The molecule has 2 aromatic rings. The molecule has 0 aliphatic carbocycles. The SMILES string of the molecule is CN=C(NCCCOC(C)c1ccccc1)NC1CCc2nc(COC)nn2C1. The van der Waals surface area contributed by atoms with Crippen molar-refractivity contribution in [1.29, 1.82) is 0 Å². The number of hydrogen-bond acceptors (Lipinski definition) is 5. The summed E-state index contributed by atoms with van der Waals surface area (Å²) in [6, 6.07) is 10.6. The molecular formula is C21H32N6O2. The molecule has 1 aromatic heterocycles. The van der Waals surface area contributed by atoms with Crippen molar-refractivity contribution < 1.29 is 9.47 Å². The summed E-state index contributed by atoms with van der Waals surface area (Å²) < 4.78 is 13.0. The molecule has 1 aromatic carbocycles. The number of rotatable bonds is 9.